The maximum Gasteiger partial charge on any atom is 0.354 e. The van der Waals surface area contributed by atoms with Crippen LogP contribution in [-0.2, 0) is 4.74 Å². The summed E-state index contributed by atoms with van der Waals surface area (Å²) in [6.45, 7) is 2.01. The highest BCUT2D eigenvalue weighted by Gasteiger charge is 2.14. The van der Waals surface area contributed by atoms with E-state index in [1.54, 1.807) is 25.1 Å². The van der Waals surface area contributed by atoms with Gasteiger partial charge in [0.2, 0.25) is 0 Å². The molecule has 3 nitrogen and oxygen atoms in total. The second kappa shape index (κ2) is 5.60. The molecule has 0 fully saturated rings. The summed E-state index contributed by atoms with van der Waals surface area (Å²) in [6, 6.07) is 10.8. The standard InChI is InChI=1S/C17H13F2NO2/c1-2-22-17(21)15-9-11-4-3-5-12(16(11)20-15)10-6-7-13(18)14(19)8-10/h3-9,20H,2H2,1H3. The molecule has 22 heavy (non-hydrogen) atoms. The molecular weight excluding hydrogens is 288 g/mol. The van der Waals surface area contributed by atoms with Crippen LogP contribution in [0, 0.1) is 11.6 Å². The van der Waals surface area contributed by atoms with Crippen LogP contribution in [0.1, 0.15) is 17.4 Å². The van der Waals surface area contributed by atoms with E-state index < -0.39 is 17.6 Å². The minimum Gasteiger partial charge on any atom is -0.461 e. The number of fused-ring (bicyclic) bond motifs is 1. The summed E-state index contributed by atoms with van der Waals surface area (Å²) < 4.78 is 31.5. The maximum absolute atomic E-state index is 13.4. The molecule has 0 atom stereocenters. The van der Waals surface area contributed by atoms with Crippen LogP contribution in [0.25, 0.3) is 22.0 Å². The summed E-state index contributed by atoms with van der Waals surface area (Å²) in [6.07, 6.45) is 0. The Morgan fingerprint density at radius 2 is 1.95 bits per heavy atom. The van der Waals surface area contributed by atoms with E-state index in [2.05, 4.69) is 4.98 Å². The van der Waals surface area contributed by atoms with E-state index in [-0.39, 0.29) is 6.61 Å². The number of carbonyl (C=O) groups is 1. The number of aromatic nitrogens is 1. The number of esters is 1. The topological polar surface area (TPSA) is 42.1 Å². The Morgan fingerprint density at radius 1 is 1.14 bits per heavy atom. The molecule has 5 heteroatoms. The van der Waals surface area contributed by atoms with Crippen LogP contribution in [0.4, 0.5) is 8.78 Å². The largest absolute Gasteiger partial charge is 0.461 e. The zero-order valence-electron chi connectivity index (χ0n) is 11.8. The van der Waals surface area contributed by atoms with E-state index in [0.717, 1.165) is 17.5 Å². The molecule has 0 saturated heterocycles. The van der Waals surface area contributed by atoms with Crippen molar-refractivity contribution in [3.63, 3.8) is 0 Å². The molecule has 1 N–H and O–H groups in total. The zero-order chi connectivity index (χ0) is 15.7. The second-order valence-electron chi connectivity index (χ2n) is 4.80. The number of hydrogen-bond acceptors (Lipinski definition) is 2. The number of rotatable bonds is 3. The first kappa shape index (κ1) is 14.3. The molecule has 0 aliphatic rings. The van der Waals surface area contributed by atoms with E-state index in [4.69, 9.17) is 4.74 Å². The van der Waals surface area contributed by atoms with Crippen molar-refractivity contribution >= 4 is 16.9 Å². The van der Waals surface area contributed by atoms with Crippen molar-refractivity contribution in [3.8, 4) is 11.1 Å². The minimum atomic E-state index is -0.910. The van der Waals surface area contributed by atoms with Crippen molar-refractivity contribution in [2.24, 2.45) is 0 Å². The average Bonchev–Trinajstić information content (AvgIpc) is 2.94. The Hall–Kier alpha value is -2.69. The van der Waals surface area contributed by atoms with E-state index in [0.29, 0.717) is 22.3 Å². The van der Waals surface area contributed by atoms with Crippen molar-refractivity contribution in [3.05, 3.63) is 59.8 Å². The van der Waals surface area contributed by atoms with Gasteiger partial charge in [0.05, 0.1) is 12.1 Å². The van der Waals surface area contributed by atoms with Crippen LogP contribution in [0.5, 0.6) is 0 Å². The van der Waals surface area contributed by atoms with Gasteiger partial charge in [-0.25, -0.2) is 13.6 Å². The van der Waals surface area contributed by atoms with Gasteiger partial charge in [0.25, 0.3) is 0 Å². The fraction of sp³-hybridized carbons (Fsp3) is 0.118. The quantitative estimate of drug-likeness (QED) is 0.733. The third kappa shape index (κ3) is 2.45. The molecule has 0 bridgehead atoms. The van der Waals surface area contributed by atoms with Gasteiger partial charge in [0.1, 0.15) is 5.69 Å². The zero-order valence-corrected chi connectivity index (χ0v) is 11.8. The van der Waals surface area contributed by atoms with Gasteiger partial charge in [-0.15, -0.1) is 0 Å². The Balaban J connectivity index is 2.13. The van der Waals surface area contributed by atoms with Crippen molar-refractivity contribution < 1.29 is 18.3 Å². The predicted octanol–water partition coefficient (Wildman–Crippen LogP) is 4.29. The number of benzene rings is 2. The summed E-state index contributed by atoms with van der Waals surface area (Å²) >= 11 is 0. The van der Waals surface area contributed by atoms with Gasteiger partial charge in [0.15, 0.2) is 11.6 Å². The van der Waals surface area contributed by atoms with Crippen LogP contribution >= 0.6 is 0 Å². The van der Waals surface area contributed by atoms with Gasteiger partial charge in [0, 0.05) is 10.9 Å². The summed E-state index contributed by atoms with van der Waals surface area (Å²) in [5.41, 5.74) is 2.22. The molecule has 112 valence electrons. The maximum atomic E-state index is 13.4. The monoisotopic (exact) mass is 301 g/mol. The molecule has 0 radical (unpaired) electrons. The predicted molar refractivity (Wildman–Crippen MR) is 79.6 cm³/mol. The lowest BCUT2D eigenvalue weighted by Crippen LogP contribution is -2.04. The first-order valence-electron chi connectivity index (χ1n) is 6.84. The molecule has 0 unspecified atom stereocenters. The summed E-state index contributed by atoms with van der Waals surface area (Å²) in [4.78, 5) is 14.8. The Morgan fingerprint density at radius 3 is 2.68 bits per heavy atom. The summed E-state index contributed by atoms with van der Waals surface area (Å²) in [5, 5.41) is 0.797. The third-order valence-electron chi connectivity index (χ3n) is 3.38. The molecule has 0 saturated carbocycles. The highest BCUT2D eigenvalue weighted by Crippen LogP contribution is 2.29. The molecule has 3 rings (SSSR count). The summed E-state index contributed by atoms with van der Waals surface area (Å²) in [7, 11) is 0. The van der Waals surface area contributed by atoms with Gasteiger partial charge in [-0.1, -0.05) is 24.3 Å². The molecule has 1 aromatic heterocycles. The highest BCUT2D eigenvalue weighted by atomic mass is 19.2. The van der Waals surface area contributed by atoms with Gasteiger partial charge in [-0.3, -0.25) is 0 Å². The second-order valence-corrected chi connectivity index (χ2v) is 4.80. The molecule has 0 aliphatic carbocycles. The van der Waals surface area contributed by atoms with Gasteiger partial charge in [-0.05, 0) is 30.7 Å². The van der Waals surface area contributed by atoms with Crippen LogP contribution in [0.15, 0.2) is 42.5 Å². The molecular formula is C17H13F2NO2. The van der Waals surface area contributed by atoms with E-state index in [1.807, 2.05) is 6.07 Å². The van der Waals surface area contributed by atoms with Crippen LogP contribution in [0.2, 0.25) is 0 Å². The normalized spacial score (nSPS) is 10.9. The van der Waals surface area contributed by atoms with E-state index in [1.165, 1.54) is 6.07 Å². The number of halogens is 2. The van der Waals surface area contributed by atoms with E-state index >= 15 is 0 Å². The molecule has 3 aromatic rings. The van der Waals surface area contributed by atoms with Crippen molar-refractivity contribution in [2.45, 2.75) is 6.92 Å². The van der Waals surface area contributed by atoms with Crippen LogP contribution in [0.3, 0.4) is 0 Å². The number of aromatic amines is 1. The molecule has 1 heterocycles. The highest BCUT2D eigenvalue weighted by molar-refractivity contribution is 6.00. The first-order valence-corrected chi connectivity index (χ1v) is 6.84. The first-order chi connectivity index (χ1) is 10.6. The average molecular weight is 301 g/mol. The smallest absolute Gasteiger partial charge is 0.354 e. The van der Waals surface area contributed by atoms with Crippen molar-refractivity contribution in [2.75, 3.05) is 6.61 Å². The number of carbonyl (C=O) groups excluding carboxylic acids is 1. The van der Waals surface area contributed by atoms with E-state index in [9.17, 15) is 13.6 Å². The van der Waals surface area contributed by atoms with Crippen LogP contribution in [-0.4, -0.2) is 17.6 Å². The minimum absolute atomic E-state index is 0.282. The number of para-hydroxylation sites is 1. The number of H-pyrrole nitrogens is 1. The lowest BCUT2D eigenvalue weighted by molar-refractivity contribution is 0.0520. The van der Waals surface area contributed by atoms with Gasteiger partial charge < -0.3 is 9.72 Å². The van der Waals surface area contributed by atoms with Crippen molar-refractivity contribution in [1.82, 2.24) is 4.98 Å². The Labute approximate surface area is 125 Å². The molecule has 0 spiro atoms. The lowest BCUT2D eigenvalue weighted by Gasteiger charge is -2.04. The molecule has 2 aromatic carbocycles. The number of nitrogens with one attached hydrogen (secondary N) is 1. The number of hydrogen-bond donors (Lipinski definition) is 1. The van der Waals surface area contributed by atoms with Crippen molar-refractivity contribution in [1.29, 1.82) is 0 Å². The Bertz CT molecular complexity index is 855. The molecule has 0 amide bonds. The number of ether oxygens (including phenoxy) is 1. The Kier molecular flexibility index (Phi) is 3.63. The summed E-state index contributed by atoms with van der Waals surface area (Å²) in [5.74, 6) is -2.25. The van der Waals surface area contributed by atoms with Gasteiger partial charge >= 0.3 is 5.97 Å². The molecule has 0 aliphatic heterocycles. The lowest BCUT2D eigenvalue weighted by atomic mass is 10.0. The fourth-order valence-corrected chi connectivity index (χ4v) is 2.38. The van der Waals surface area contributed by atoms with Crippen LogP contribution < -0.4 is 0 Å². The van der Waals surface area contributed by atoms with Gasteiger partial charge in [-0.2, -0.15) is 0 Å². The SMILES string of the molecule is CCOC(=O)c1cc2cccc(-c3ccc(F)c(F)c3)c2[nH]1. The third-order valence-corrected chi connectivity index (χ3v) is 3.38. The fourth-order valence-electron chi connectivity index (χ4n) is 2.38.